The molecule has 6 heteroatoms. The number of ether oxygens (including phenoxy) is 1. The van der Waals surface area contributed by atoms with Gasteiger partial charge >= 0.3 is 5.69 Å². The van der Waals surface area contributed by atoms with Crippen LogP contribution in [0.3, 0.4) is 0 Å². The number of nitro groups is 1. The summed E-state index contributed by atoms with van der Waals surface area (Å²) in [5, 5.41) is 22.6. The van der Waals surface area contributed by atoms with E-state index in [2.05, 4.69) is 11.4 Å². The van der Waals surface area contributed by atoms with Gasteiger partial charge in [0, 0.05) is 7.05 Å². The highest BCUT2D eigenvalue weighted by molar-refractivity contribution is 5.68. The molecule has 2 aromatic rings. The third kappa shape index (κ3) is 3.28. The van der Waals surface area contributed by atoms with Crippen molar-refractivity contribution in [2.75, 3.05) is 12.4 Å². The summed E-state index contributed by atoms with van der Waals surface area (Å²) in [5.74, 6) is 0.646. The molecule has 2 aromatic carbocycles. The van der Waals surface area contributed by atoms with Crippen LogP contribution >= 0.6 is 0 Å². The molecule has 0 atom stereocenters. The van der Waals surface area contributed by atoms with Crippen LogP contribution in [0, 0.1) is 21.4 Å². The Kier molecular flexibility index (Phi) is 4.36. The molecule has 106 valence electrons. The van der Waals surface area contributed by atoms with Gasteiger partial charge in [0.05, 0.1) is 17.4 Å². The number of para-hydroxylation sites is 1. The van der Waals surface area contributed by atoms with Crippen molar-refractivity contribution >= 4 is 11.4 Å². The highest BCUT2D eigenvalue weighted by Crippen LogP contribution is 2.37. The molecule has 0 aliphatic carbocycles. The molecule has 0 aliphatic rings. The first-order valence-electron chi connectivity index (χ1n) is 6.24. The number of benzene rings is 2. The lowest BCUT2D eigenvalue weighted by Gasteiger charge is -2.09. The van der Waals surface area contributed by atoms with Gasteiger partial charge in [-0.1, -0.05) is 18.2 Å². The zero-order chi connectivity index (χ0) is 15.2. The summed E-state index contributed by atoms with van der Waals surface area (Å²) in [5.41, 5.74) is 1.14. The number of nitriles is 1. The van der Waals surface area contributed by atoms with E-state index < -0.39 is 4.92 Å². The second-order valence-corrected chi connectivity index (χ2v) is 4.24. The molecule has 0 bridgehead atoms. The maximum absolute atomic E-state index is 11.2. The van der Waals surface area contributed by atoms with Crippen LogP contribution in [0.4, 0.5) is 11.4 Å². The SMILES string of the molecule is CNc1cccc(Oc2ccc(CC#N)cc2)c1[N+](=O)[O-]. The van der Waals surface area contributed by atoms with Gasteiger partial charge in [0.15, 0.2) is 0 Å². The van der Waals surface area contributed by atoms with Crippen LogP contribution in [0.15, 0.2) is 42.5 Å². The van der Waals surface area contributed by atoms with Gasteiger partial charge in [0.25, 0.3) is 0 Å². The number of hydrogen-bond acceptors (Lipinski definition) is 5. The number of nitro benzene ring substituents is 1. The van der Waals surface area contributed by atoms with Crippen molar-refractivity contribution in [1.29, 1.82) is 5.26 Å². The van der Waals surface area contributed by atoms with Crippen LogP contribution in [-0.2, 0) is 6.42 Å². The molecule has 0 unspecified atom stereocenters. The first-order valence-corrected chi connectivity index (χ1v) is 6.24. The fourth-order valence-corrected chi connectivity index (χ4v) is 1.89. The van der Waals surface area contributed by atoms with E-state index >= 15 is 0 Å². The lowest BCUT2D eigenvalue weighted by atomic mass is 10.1. The lowest BCUT2D eigenvalue weighted by molar-refractivity contribution is -0.384. The van der Waals surface area contributed by atoms with Crippen LogP contribution in [0.5, 0.6) is 11.5 Å². The minimum absolute atomic E-state index is 0.110. The van der Waals surface area contributed by atoms with Gasteiger partial charge in [-0.3, -0.25) is 10.1 Å². The lowest BCUT2D eigenvalue weighted by Crippen LogP contribution is -1.99. The molecule has 2 rings (SSSR count). The number of hydrogen-bond donors (Lipinski definition) is 1. The Balaban J connectivity index is 2.31. The van der Waals surface area contributed by atoms with E-state index in [0.29, 0.717) is 17.9 Å². The predicted molar refractivity (Wildman–Crippen MR) is 78.5 cm³/mol. The molecule has 0 aliphatic heterocycles. The Morgan fingerprint density at radius 3 is 2.57 bits per heavy atom. The molecule has 0 saturated carbocycles. The van der Waals surface area contributed by atoms with Gasteiger partial charge in [-0.15, -0.1) is 0 Å². The molecule has 0 saturated heterocycles. The van der Waals surface area contributed by atoms with E-state index in [9.17, 15) is 10.1 Å². The quantitative estimate of drug-likeness (QED) is 0.670. The minimum Gasteiger partial charge on any atom is -0.450 e. The minimum atomic E-state index is -0.481. The molecule has 0 radical (unpaired) electrons. The van der Waals surface area contributed by atoms with E-state index in [1.165, 1.54) is 0 Å². The topological polar surface area (TPSA) is 88.2 Å². The molecule has 0 aromatic heterocycles. The standard InChI is InChI=1S/C15H13N3O3/c1-17-13-3-2-4-14(15(13)18(19)20)21-12-7-5-11(6-8-12)9-10-16/h2-8,17H,9H2,1H3. The summed E-state index contributed by atoms with van der Waals surface area (Å²) in [6.45, 7) is 0. The monoisotopic (exact) mass is 283 g/mol. The summed E-state index contributed by atoms with van der Waals surface area (Å²) in [7, 11) is 1.61. The zero-order valence-electron chi connectivity index (χ0n) is 11.4. The summed E-state index contributed by atoms with van der Waals surface area (Å²) >= 11 is 0. The van der Waals surface area contributed by atoms with E-state index in [-0.39, 0.29) is 11.4 Å². The summed E-state index contributed by atoms with van der Waals surface area (Å²) in [6, 6.07) is 13.8. The van der Waals surface area contributed by atoms with E-state index in [0.717, 1.165) is 5.56 Å². The zero-order valence-corrected chi connectivity index (χ0v) is 11.4. The average molecular weight is 283 g/mol. The smallest absolute Gasteiger partial charge is 0.334 e. The number of nitrogens with one attached hydrogen (secondary N) is 1. The van der Waals surface area contributed by atoms with Gasteiger partial charge in [-0.2, -0.15) is 5.26 Å². The molecule has 6 nitrogen and oxygen atoms in total. The van der Waals surface area contributed by atoms with Crippen molar-refractivity contribution in [3.05, 3.63) is 58.1 Å². The van der Waals surface area contributed by atoms with E-state index in [1.807, 2.05) is 0 Å². The number of nitrogens with zero attached hydrogens (tertiary/aromatic N) is 2. The third-order valence-electron chi connectivity index (χ3n) is 2.89. The number of anilines is 1. The highest BCUT2D eigenvalue weighted by atomic mass is 16.6. The molecule has 0 heterocycles. The number of rotatable bonds is 5. The molecular formula is C15H13N3O3. The van der Waals surface area contributed by atoms with Gasteiger partial charge in [0.1, 0.15) is 11.4 Å². The Morgan fingerprint density at radius 1 is 1.29 bits per heavy atom. The van der Waals surface area contributed by atoms with Crippen LogP contribution in [0.2, 0.25) is 0 Å². The van der Waals surface area contributed by atoms with Crippen molar-refractivity contribution in [1.82, 2.24) is 0 Å². The Morgan fingerprint density at radius 2 is 2.00 bits per heavy atom. The third-order valence-corrected chi connectivity index (χ3v) is 2.89. The van der Waals surface area contributed by atoms with Gasteiger partial charge in [-0.05, 0) is 29.8 Å². The Hall–Kier alpha value is -3.07. The van der Waals surface area contributed by atoms with Gasteiger partial charge < -0.3 is 10.1 Å². The van der Waals surface area contributed by atoms with Crippen LogP contribution < -0.4 is 10.1 Å². The first kappa shape index (κ1) is 14.3. The Bertz CT molecular complexity index is 690. The van der Waals surface area contributed by atoms with Crippen molar-refractivity contribution < 1.29 is 9.66 Å². The van der Waals surface area contributed by atoms with Crippen LogP contribution in [-0.4, -0.2) is 12.0 Å². The fraction of sp³-hybridized carbons (Fsp3) is 0.133. The van der Waals surface area contributed by atoms with Crippen LogP contribution in [0.1, 0.15) is 5.56 Å². The van der Waals surface area contributed by atoms with Crippen molar-refractivity contribution in [2.24, 2.45) is 0 Å². The summed E-state index contributed by atoms with van der Waals surface area (Å²) in [4.78, 5) is 10.7. The molecule has 0 fully saturated rings. The maximum Gasteiger partial charge on any atom is 0.334 e. The van der Waals surface area contributed by atoms with Crippen molar-refractivity contribution in [3.8, 4) is 17.6 Å². The molecular weight excluding hydrogens is 270 g/mol. The second kappa shape index (κ2) is 6.39. The first-order chi connectivity index (χ1) is 10.2. The highest BCUT2D eigenvalue weighted by Gasteiger charge is 2.20. The molecule has 0 amide bonds. The maximum atomic E-state index is 11.2. The van der Waals surface area contributed by atoms with Crippen LogP contribution in [0.25, 0.3) is 0 Å². The fourth-order valence-electron chi connectivity index (χ4n) is 1.89. The van der Waals surface area contributed by atoms with Crippen molar-refractivity contribution in [2.45, 2.75) is 6.42 Å². The van der Waals surface area contributed by atoms with E-state index in [1.54, 1.807) is 49.5 Å². The van der Waals surface area contributed by atoms with E-state index in [4.69, 9.17) is 10.00 Å². The molecule has 0 spiro atoms. The van der Waals surface area contributed by atoms with Gasteiger partial charge in [0.2, 0.25) is 5.75 Å². The second-order valence-electron chi connectivity index (χ2n) is 4.24. The average Bonchev–Trinajstić information content (AvgIpc) is 2.49. The largest absolute Gasteiger partial charge is 0.450 e. The summed E-state index contributed by atoms with van der Waals surface area (Å²) < 4.78 is 5.58. The van der Waals surface area contributed by atoms with Crippen molar-refractivity contribution in [3.63, 3.8) is 0 Å². The normalized spacial score (nSPS) is 9.71. The van der Waals surface area contributed by atoms with Gasteiger partial charge in [-0.25, -0.2) is 0 Å². The molecule has 1 N–H and O–H groups in total. The predicted octanol–water partition coefficient (Wildman–Crippen LogP) is 3.49. The Labute approximate surface area is 121 Å². The summed E-state index contributed by atoms with van der Waals surface area (Å²) in [6.07, 6.45) is 0.315. The molecule has 21 heavy (non-hydrogen) atoms.